The van der Waals surface area contributed by atoms with E-state index in [0.29, 0.717) is 0 Å². The van der Waals surface area contributed by atoms with Crippen LogP contribution in [0.5, 0.6) is 0 Å². The molecule has 0 saturated heterocycles. The maximum absolute atomic E-state index is 6.28. The van der Waals surface area contributed by atoms with Gasteiger partial charge in [0.25, 0.3) is 0 Å². The van der Waals surface area contributed by atoms with Gasteiger partial charge in [0.05, 0.1) is 11.1 Å². The van der Waals surface area contributed by atoms with Gasteiger partial charge in [0, 0.05) is 19.1 Å². The lowest BCUT2D eigenvalue weighted by atomic mass is 10.2. The van der Waals surface area contributed by atoms with Crippen molar-refractivity contribution < 1.29 is 0 Å². The van der Waals surface area contributed by atoms with Crippen LogP contribution < -0.4 is 5.32 Å². The summed E-state index contributed by atoms with van der Waals surface area (Å²) in [6, 6.07) is 4.34. The molecule has 1 unspecified atom stereocenters. The smallest absolute Gasteiger partial charge is 0.0791 e. The summed E-state index contributed by atoms with van der Waals surface area (Å²) >= 11 is 13.5. The van der Waals surface area contributed by atoms with E-state index in [1.165, 1.54) is 19.1 Å². The van der Waals surface area contributed by atoms with E-state index in [4.69, 9.17) is 11.6 Å². The van der Waals surface area contributed by atoms with Crippen LogP contribution in [0.25, 0.3) is 0 Å². The van der Waals surface area contributed by atoms with Crippen molar-refractivity contribution >= 4 is 50.2 Å². The maximum atomic E-state index is 6.28. The first-order chi connectivity index (χ1) is 8.63. The zero-order valence-corrected chi connectivity index (χ0v) is 14.3. The summed E-state index contributed by atoms with van der Waals surface area (Å²) < 4.78 is 1.17. The lowest BCUT2D eigenvalue weighted by Gasteiger charge is -2.17. The summed E-state index contributed by atoms with van der Waals surface area (Å²) in [5.74, 6) is 0. The van der Waals surface area contributed by atoms with Crippen LogP contribution in [0, 0.1) is 6.92 Å². The third kappa shape index (κ3) is 3.17. The van der Waals surface area contributed by atoms with E-state index in [1.54, 1.807) is 11.3 Å². The number of halogens is 2. The molecule has 0 amide bonds. The summed E-state index contributed by atoms with van der Waals surface area (Å²) in [6.07, 6.45) is 1.11. The molecule has 1 N–H and O–H groups in total. The van der Waals surface area contributed by atoms with Crippen LogP contribution in [0.1, 0.15) is 34.0 Å². The predicted octanol–water partition coefficient (Wildman–Crippen LogP) is 5.62. The normalized spacial score (nSPS) is 12.9. The number of aryl methyl sites for hydroxylation is 1. The molecule has 0 fully saturated rings. The van der Waals surface area contributed by atoms with Crippen molar-refractivity contribution in [2.45, 2.75) is 26.3 Å². The van der Waals surface area contributed by atoms with Gasteiger partial charge in [-0.15, -0.1) is 22.7 Å². The van der Waals surface area contributed by atoms with Gasteiger partial charge in [-0.05, 0) is 53.3 Å². The van der Waals surface area contributed by atoms with Gasteiger partial charge in [-0.2, -0.15) is 0 Å². The topological polar surface area (TPSA) is 12.0 Å². The molecular weight excluding hydrogens is 350 g/mol. The number of hydrogen-bond acceptors (Lipinski definition) is 3. The number of hydrogen-bond donors (Lipinski definition) is 1. The molecule has 0 aliphatic carbocycles. The Hall–Kier alpha value is 0.130. The molecule has 2 aromatic rings. The minimum absolute atomic E-state index is 0.200. The first kappa shape index (κ1) is 14.5. The van der Waals surface area contributed by atoms with E-state index in [9.17, 15) is 0 Å². The zero-order valence-electron chi connectivity index (χ0n) is 10.3. The van der Waals surface area contributed by atoms with Crippen LogP contribution in [-0.2, 0) is 0 Å². The number of rotatable bonds is 5. The molecule has 98 valence electrons. The lowest BCUT2D eigenvalue weighted by Crippen LogP contribution is -2.22. The first-order valence-corrected chi connectivity index (χ1v) is 8.72. The largest absolute Gasteiger partial charge is 0.305 e. The molecule has 0 bridgehead atoms. The molecule has 2 rings (SSSR count). The standard InChI is InChI=1S/C13H15BrClNS2/c1-3-5-16-11(13-10(15)4-6-17-13)12-9(14)7-8(2)18-12/h4,6-7,11,16H,3,5H2,1-2H3. The Kier molecular flexibility index (Phi) is 5.27. The maximum Gasteiger partial charge on any atom is 0.0791 e. The van der Waals surface area contributed by atoms with E-state index >= 15 is 0 Å². The molecule has 0 aliphatic rings. The summed E-state index contributed by atoms with van der Waals surface area (Å²) in [7, 11) is 0. The Morgan fingerprint density at radius 2 is 2.22 bits per heavy atom. The second-order valence-electron chi connectivity index (χ2n) is 4.09. The average Bonchev–Trinajstić information content (AvgIpc) is 2.87. The van der Waals surface area contributed by atoms with Crippen LogP contribution in [-0.4, -0.2) is 6.54 Å². The van der Waals surface area contributed by atoms with Gasteiger partial charge < -0.3 is 5.32 Å². The molecule has 2 heterocycles. The Morgan fingerprint density at radius 3 is 2.72 bits per heavy atom. The first-order valence-electron chi connectivity index (χ1n) is 5.85. The quantitative estimate of drug-likeness (QED) is 0.725. The second kappa shape index (κ2) is 6.53. The van der Waals surface area contributed by atoms with Crippen molar-refractivity contribution in [1.29, 1.82) is 0 Å². The Labute approximate surface area is 129 Å². The molecule has 1 nitrogen and oxygen atoms in total. The minimum Gasteiger partial charge on any atom is -0.305 e. The van der Waals surface area contributed by atoms with Crippen molar-refractivity contribution in [3.05, 3.63) is 41.6 Å². The van der Waals surface area contributed by atoms with Crippen molar-refractivity contribution in [3.63, 3.8) is 0 Å². The molecule has 1 atom stereocenters. The van der Waals surface area contributed by atoms with Gasteiger partial charge in [-0.25, -0.2) is 0 Å². The fourth-order valence-electron chi connectivity index (χ4n) is 1.80. The third-order valence-corrected chi connectivity index (χ3v) is 6.06. The van der Waals surface area contributed by atoms with Gasteiger partial charge in [-0.1, -0.05) is 18.5 Å². The van der Waals surface area contributed by atoms with Crippen LogP contribution in [0.3, 0.4) is 0 Å². The number of thiophene rings is 2. The molecule has 2 aromatic heterocycles. The van der Waals surface area contributed by atoms with E-state index < -0.39 is 0 Å². The van der Waals surface area contributed by atoms with Gasteiger partial charge in [-0.3, -0.25) is 0 Å². The molecule has 0 saturated carbocycles. The Bertz CT molecular complexity index is 521. The average molecular weight is 365 g/mol. The lowest BCUT2D eigenvalue weighted by molar-refractivity contribution is 0.612. The summed E-state index contributed by atoms with van der Waals surface area (Å²) in [5.41, 5.74) is 0. The highest BCUT2D eigenvalue weighted by Gasteiger charge is 2.21. The highest BCUT2D eigenvalue weighted by molar-refractivity contribution is 9.10. The van der Waals surface area contributed by atoms with Crippen LogP contribution >= 0.6 is 50.2 Å². The minimum atomic E-state index is 0.200. The van der Waals surface area contributed by atoms with E-state index in [-0.39, 0.29) is 6.04 Å². The third-order valence-electron chi connectivity index (χ3n) is 2.60. The Balaban J connectivity index is 2.37. The fourth-order valence-corrected chi connectivity index (χ4v) is 5.09. The highest BCUT2D eigenvalue weighted by Crippen LogP contribution is 2.39. The van der Waals surface area contributed by atoms with Crippen molar-refractivity contribution in [1.82, 2.24) is 5.32 Å². The van der Waals surface area contributed by atoms with Gasteiger partial charge in [0.2, 0.25) is 0 Å². The van der Waals surface area contributed by atoms with Gasteiger partial charge >= 0.3 is 0 Å². The monoisotopic (exact) mass is 363 g/mol. The molecular formula is C13H15BrClNS2. The van der Waals surface area contributed by atoms with E-state index in [1.807, 2.05) is 22.8 Å². The SMILES string of the molecule is CCCNC(c1sccc1Cl)c1sc(C)cc1Br. The summed E-state index contributed by atoms with van der Waals surface area (Å²) in [5, 5.41) is 6.49. The number of nitrogens with one attached hydrogen (secondary N) is 1. The molecule has 0 aliphatic heterocycles. The van der Waals surface area contributed by atoms with Crippen LogP contribution in [0.2, 0.25) is 5.02 Å². The molecule has 0 radical (unpaired) electrons. The van der Waals surface area contributed by atoms with Gasteiger partial charge in [0.1, 0.15) is 0 Å². The fraction of sp³-hybridized carbons (Fsp3) is 0.385. The molecule has 0 spiro atoms. The zero-order chi connectivity index (χ0) is 13.1. The van der Waals surface area contributed by atoms with Crippen LogP contribution in [0.15, 0.2) is 22.0 Å². The van der Waals surface area contributed by atoms with Crippen molar-refractivity contribution in [3.8, 4) is 0 Å². The van der Waals surface area contributed by atoms with Crippen molar-refractivity contribution in [2.75, 3.05) is 6.54 Å². The molecule has 18 heavy (non-hydrogen) atoms. The second-order valence-corrected chi connectivity index (χ2v) is 7.59. The van der Waals surface area contributed by atoms with Crippen LogP contribution in [0.4, 0.5) is 0 Å². The summed E-state index contributed by atoms with van der Waals surface area (Å²) in [6.45, 7) is 5.29. The van der Waals surface area contributed by atoms with Crippen molar-refractivity contribution in [2.24, 2.45) is 0 Å². The van der Waals surface area contributed by atoms with E-state index in [0.717, 1.165) is 18.0 Å². The Morgan fingerprint density at radius 1 is 1.44 bits per heavy atom. The highest BCUT2D eigenvalue weighted by atomic mass is 79.9. The molecule has 0 aromatic carbocycles. The predicted molar refractivity (Wildman–Crippen MR) is 86.2 cm³/mol. The van der Waals surface area contributed by atoms with Gasteiger partial charge in [0.15, 0.2) is 0 Å². The van der Waals surface area contributed by atoms with E-state index in [2.05, 4.69) is 41.2 Å². The molecule has 5 heteroatoms. The summed E-state index contributed by atoms with van der Waals surface area (Å²) in [4.78, 5) is 3.82.